The van der Waals surface area contributed by atoms with Gasteiger partial charge in [0.25, 0.3) is 0 Å². The second kappa shape index (κ2) is 7.52. The highest BCUT2D eigenvalue weighted by Gasteiger charge is 2.33. The lowest BCUT2D eigenvalue weighted by molar-refractivity contribution is 0.172. The van der Waals surface area contributed by atoms with Gasteiger partial charge in [0.15, 0.2) is 11.6 Å². The van der Waals surface area contributed by atoms with Crippen LogP contribution in [0, 0.1) is 6.92 Å². The fraction of sp³-hybridized carbons (Fsp3) is 0.800. The Bertz CT molecular complexity index is 687. The summed E-state index contributed by atoms with van der Waals surface area (Å²) in [6.07, 6.45) is -0.316. The molecule has 2 aromatic rings. The number of hydrogen-bond acceptors (Lipinski definition) is 8. The van der Waals surface area contributed by atoms with E-state index in [0.717, 1.165) is 12.4 Å². The average Bonchev–Trinajstić information content (AvgIpc) is 3.22. The number of tetrazole rings is 1. The summed E-state index contributed by atoms with van der Waals surface area (Å²) in [7, 11) is 2.00. The Morgan fingerprint density at radius 1 is 1.40 bits per heavy atom. The predicted molar refractivity (Wildman–Crippen MR) is 87.3 cm³/mol. The largest absolute Gasteiger partial charge is 0.340 e. The SMILES string of the molecule is Cc1nc(CN2C[C@@H](F)C[C@H]2CN(C)Cc2nnnn2C(C)C)no1. The molecule has 3 heterocycles. The number of hydrogen-bond donors (Lipinski definition) is 0. The Morgan fingerprint density at radius 3 is 2.88 bits per heavy atom. The first kappa shape index (κ1) is 17.9. The third-order valence-electron chi connectivity index (χ3n) is 4.37. The number of likely N-dealkylation sites (tertiary alicyclic amines) is 1. The fourth-order valence-electron chi connectivity index (χ4n) is 3.28. The van der Waals surface area contributed by atoms with E-state index in [1.807, 2.05) is 25.6 Å². The van der Waals surface area contributed by atoms with Gasteiger partial charge in [0.05, 0.1) is 19.1 Å². The van der Waals surface area contributed by atoms with Crippen molar-refractivity contribution in [2.24, 2.45) is 0 Å². The molecule has 1 aliphatic heterocycles. The summed E-state index contributed by atoms with van der Waals surface area (Å²) in [4.78, 5) is 8.43. The van der Waals surface area contributed by atoms with Crippen LogP contribution in [0.4, 0.5) is 4.39 Å². The lowest BCUT2D eigenvalue weighted by Gasteiger charge is -2.27. The molecule has 3 rings (SSSR count). The molecule has 0 unspecified atom stereocenters. The van der Waals surface area contributed by atoms with Crippen molar-refractivity contribution in [3.05, 3.63) is 17.5 Å². The van der Waals surface area contributed by atoms with Gasteiger partial charge in [-0.2, -0.15) is 4.98 Å². The van der Waals surface area contributed by atoms with Crippen LogP contribution in [0.1, 0.15) is 43.8 Å². The highest BCUT2D eigenvalue weighted by Crippen LogP contribution is 2.23. The average molecular weight is 352 g/mol. The lowest BCUT2D eigenvalue weighted by atomic mass is 10.2. The van der Waals surface area contributed by atoms with E-state index < -0.39 is 6.17 Å². The van der Waals surface area contributed by atoms with Crippen molar-refractivity contribution >= 4 is 0 Å². The number of aromatic nitrogens is 6. The first-order chi connectivity index (χ1) is 11.9. The first-order valence-corrected chi connectivity index (χ1v) is 8.55. The van der Waals surface area contributed by atoms with Crippen LogP contribution in [0.5, 0.6) is 0 Å². The fourth-order valence-corrected chi connectivity index (χ4v) is 3.28. The first-order valence-electron chi connectivity index (χ1n) is 8.55. The minimum absolute atomic E-state index is 0.0992. The van der Waals surface area contributed by atoms with Crippen molar-refractivity contribution < 1.29 is 8.91 Å². The van der Waals surface area contributed by atoms with E-state index in [0.29, 0.717) is 37.8 Å². The highest BCUT2D eigenvalue weighted by molar-refractivity contribution is 4.93. The molecule has 25 heavy (non-hydrogen) atoms. The van der Waals surface area contributed by atoms with Gasteiger partial charge in [-0.25, -0.2) is 9.07 Å². The van der Waals surface area contributed by atoms with E-state index in [9.17, 15) is 4.39 Å². The normalized spacial score (nSPS) is 21.7. The number of halogens is 1. The lowest BCUT2D eigenvalue weighted by Crippen LogP contribution is -2.38. The minimum Gasteiger partial charge on any atom is -0.340 e. The van der Waals surface area contributed by atoms with Crippen molar-refractivity contribution in [3.63, 3.8) is 0 Å². The quantitative estimate of drug-likeness (QED) is 0.729. The van der Waals surface area contributed by atoms with Crippen LogP contribution in [0.2, 0.25) is 0 Å². The molecule has 0 spiro atoms. The molecular formula is C15H25FN8O. The number of likely N-dealkylation sites (N-methyl/N-ethyl adjacent to an activating group) is 1. The molecule has 0 aliphatic carbocycles. The molecule has 0 aromatic carbocycles. The molecule has 1 aliphatic rings. The van der Waals surface area contributed by atoms with Gasteiger partial charge in [-0.05, 0) is 37.7 Å². The molecule has 2 atom stereocenters. The van der Waals surface area contributed by atoms with Crippen molar-refractivity contribution in [2.45, 2.75) is 58.5 Å². The van der Waals surface area contributed by atoms with Crippen LogP contribution in [-0.2, 0) is 13.1 Å². The van der Waals surface area contributed by atoms with Crippen molar-refractivity contribution in [3.8, 4) is 0 Å². The van der Waals surface area contributed by atoms with E-state index in [4.69, 9.17) is 4.52 Å². The third-order valence-corrected chi connectivity index (χ3v) is 4.37. The van der Waals surface area contributed by atoms with Crippen molar-refractivity contribution in [1.29, 1.82) is 0 Å². The Labute approximate surface area is 146 Å². The van der Waals surface area contributed by atoms with Crippen molar-refractivity contribution in [1.82, 2.24) is 40.1 Å². The molecule has 0 radical (unpaired) electrons. The number of alkyl halides is 1. The van der Waals surface area contributed by atoms with Crippen LogP contribution < -0.4 is 0 Å². The summed E-state index contributed by atoms with van der Waals surface area (Å²) >= 11 is 0. The Balaban J connectivity index is 1.60. The smallest absolute Gasteiger partial charge is 0.223 e. The Kier molecular flexibility index (Phi) is 5.38. The molecule has 2 aromatic heterocycles. The molecule has 10 heteroatoms. The zero-order chi connectivity index (χ0) is 18.0. The maximum atomic E-state index is 14.0. The van der Waals surface area contributed by atoms with E-state index in [1.165, 1.54) is 0 Å². The maximum Gasteiger partial charge on any atom is 0.223 e. The summed E-state index contributed by atoms with van der Waals surface area (Å²) in [5, 5.41) is 15.8. The van der Waals surface area contributed by atoms with Gasteiger partial charge in [0.1, 0.15) is 6.17 Å². The monoisotopic (exact) mass is 352 g/mol. The van der Waals surface area contributed by atoms with Gasteiger partial charge >= 0.3 is 0 Å². The molecule has 138 valence electrons. The Hall–Kier alpha value is -1.94. The van der Waals surface area contributed by atoms with Crippen LogP contribution in [-0.4, -0.2) is 72.5 Å². The van der Waals surface area contributed by atoms with Crippen LogP contribution >= 0.6 is 0 Å². The number of nitrogens with zero attached hydrogens (tertiary/aromatic N) is 8. The molecule has 1 saturated heterocycles. The minimum atomic E-state index is -0.826. The van der Waals surface area contributed by atoms with Crippen LogP contribution in [0.3, 0.4) is 0 Å². The highest BCUT2D eigenvalue weighted by atomic mass is 19.1. The molecule has 0 amide bonds. The molecular weight excluding hydrogens is 327 g/mol. The number of rotatable bonds is 7. The maximum absolute atomic E-state index is 14.0. The molecule has 0 saturated carbocycles. The molecule has 9 nitrogen and oxygen atoms in total. The van der Waals surface area contributed by atoms with E-state index in [1.54, 1.807) is 6.92 Å². The van der Waals surface area contributed by atoms with E-state index >= 15 is 0 Å². The molecule has 0 N–H and O–H groups in total. The van der Waals surface area contributed by atoms with Crippen LogP contribution in [0.15, 0.2) is 4.52 Å². The van der Waals surface area contributed by atoms with Crippen molar-refractivity contribution in [2.75, 3.05) is 20.1 Å². The zero-order valence-electron chi connectivity index (χ0n) is 15.1. The standard InChI is InChI=1S/C15H25FN8O/c1-10(2)24-15(18-20-21-24)9-22(4)7-13-5-12(16)6-23(13)8-14-17-11(3)25-19-14/h10,12-13H,5-9H2,1-4H3/t12-,13-/m0/s1. The van der Waals surface area contributed by atoms with Gasteiger partial charge < -0.3 is 4.52 Å². The van der Waals surface area contributed by atoms with Gasteiger partial charge in [-0.15, -0.1) is 5.10 Å². The van der Waals surface area contributed by atoms with Gasteiger partial charge in [0.2, 0.25) is 5.89 Å². The van der Waals surface area contributed by atoms with Crippen LogP contribution in [0.25, 0.3) is 0 Å². The summed E-state index contributed by atoms with van der Waals surface area (Å²) in [5.41, 5.74) is 0. The van der Waals surface area contributed by atoms with E-state index in [-0.39, 0.29) is 12.1 Å². The third kappa shape index (κ3) is 4.37. The van der Waals surface area contributed by atoms with Gasteiger partial charge in [-0.1, -0.05) is 5.16 Å². The van der Waals surface area contributed by atoms with Gasteiger partial charge in [0, 0.05) is 26.1 Å². The molecule has 1 fully saturated rings. The summed E-state index contributed by atoms with van der Waals surface area (Å²) < 4.78 is 20.8. The number of aryl methyl sites for hydroxylation is 1. The predicted octanol–water partition coefficient (Wildman–Crippen LogP) is 0.990. The Morgan fingerprint density at radius 2 is 2.20 bits per heavy atom. The van der Waals surface area contributed by atoms with E-state index in [2.05, 4.69) is 35.5 Å². The van der Waals surface area contributed by atoms with Gasteiger partial charge in [-0.3, -0.25) is 9.80 Å². The summed E-state index contributed by atoms with van der Waals surface area (Å²) in [6, 6.07) is 0.306. The second-order valence-electron chi connectivity index (χ2n) is 6.98. The summed E-state index contributed by atoms with van der Waals surface area (Å²) in [6.45, 7) is 8.08. The second-order valence-corrected chi connectivity index (χ2v) is 6.98. The topological polar surface area (TPSA) is 89.0 Å². The molecule has 0 bridgehead atoms. The zero-order valence-corrected chi connectivity index (χ0v) is 15.1. The summed E-state index contributed by atoms with van der Waals surface area (Å²) in [5.74, 6) is 1.94.